The molecule has 6 heteroatoms. The minimum atomic E-state index is -3.51. The van der Waals surface area contributed by atoms with E-state index in [-0.39, 0.29) is 11.1 Å². The number of rotatable bonds is 8. The molecule has 1 heterocycles. The Hall–Kier alpha value is -0.980. The largest absolute Gasteiger partial charge is 0.310 e. The second kappa shape index (κ2) is 7.87. The third kappa shape index (κ3) is 5.05. The summed E-state index contributed by atoms with van der Waals surface area (Å²) >= 11 is 0. The van der Waals surface area contributed by atoms with Crippen LogP contribution >= 0.6 is 0 Å². The molecule has 0 atom stereocenters. The molecule has 0 radical (unpaired) electrons. The summed E-state index contributed by atoms with van der Waals surface area (Å²) in [7, 11) is -3.51. The molecule has 0 aliphatic heterocycles. The number of nitrogens with one attached hydrogen (secondary N) is 1. The first kappa shape index (κ1) is 18.1. The van der Waals surface area contributed by atoms with Gasteiger partial charge in [-0.2, -0.15) is 4.31 Å². The molecule has 0 saturated heterocycles. The third-order valence-corrected chi connectivity index (χ3v) is 5.10. The van der Waals surface area contributed by atoms with Crippen molar-refractivity contribution in [3.8, 4) is 0 Å². The Kier molecular flexibility index (Phi) is 6.77. The molecule has 0 unspecified atom stereocenters. The summed E-state index contributed by atoms with van der Waals surface area (Å²) in [4.78, 5) is 4.14. The Balaban J connectivity index is 2.93. The fourth-order valence-electron chi connectivity index (χ4n) is 1.99. The standard InChI is InChI=1S/C15H27N3O2S/c1-6-9-18(13(4)5)21(19,20)15-8-7-14(11-17-15)10-16-12(2)3/h7-8,11-13,16H,6,9-10H2,1-5H3. The summed E-state index contributed by atoms with van der Waals surface area (Å²) in [6.07, 6.45) is 2.42. The third-order valence-electron chi connectivity index (χ3n) is 3.11. The molecule has 0 bridgehead atoms. The van der Waals surface area contributed by atoms with Crippen LogP contribution < -0.4 is 5.32 Å². The van der Waals surface area contributed by atoms with Crippen molar-refractivity contribution >= 4 is 10.0 Å². The normalized spacial score (nSPS) is 12.6. The van der Waals surface area contributed by atoms with E-state index in [0.29, 0.717) is 19.1 Å². The molecular formula is C15H27N3O2S. The fraction of sp³-hybridized carbons (Fsp3) is 0.667. The lowest BCUT2D eigenvalue weighted by Crippen LogP contribution is -2.37. The molecule has 1 rings (SSSR count). The zero-order chi connectivity index (χ0) is 16.0. The van der Waals surface area contributed by atoms with Crippen molar-refractivity contribution in [2.24, 2.45) is 0 Å². The van der Waals surface area contributed by atoms with E-state index in [2.05, 4.69) is 24.1 Å². The molecular weight excluding hydrogens is 286 g/mol. The van der Waals surface area contributed by atoms with Gasteiger partial charge < -0.3 is 5.32 Å². The van der Waals surface area contributed by atoms with Gasteiger partial charge in [0.1, 0.15) is 0 Å². The van der Waals surface area contributed by atoms with Crippen LogP contribution in [-0.2, 0) is 16.6 Å². The van der Waals surface area contributed by atoms with Crippen LogP contribution in [-0.4, -0.2) is 36.3 Å². The van der Waals surface area contributed by atoms with E-state index in [0.717, 1.165) is 12.0 Å². The van der Waals surface area contributed by atoms with Crippen molar-refractivity contribution in [1.82, 2.24) is 14.6 Å². The predicted octanol–water partition coefficient (Wildman–Crippen LogP) is 2.39. The highest BCUT2D eigenvalue weighted by atomic mass is 32.2. The number of nitrogens with zero attached hydrogens (tertiary/aromatic N) is 2. The van der Waals surface area contributed by atoms with Gasteiger partial charge in [-0.15, -0.1) is 0 Å². The summed E-state index contributed by atoms with van der Waals surface area (Å²) in [5.74, 6) is 0. The Morgan fingerprint density at radius 1 is 1.24 bits per heavy atom. The highest BCUT2D eigenvalue weighted by molar-refractivity contribution is 7.89. The predicted molar refractivity (Wildman–Crippen MR) is 85.5 cm³/mol. The number of hydrogen-bond donors (Lipinski definition) is 1. The van der Waals surface area contributed by atoms with E-state index in [4.69, 9.17) is 0 Å². The van der Waals surface area contributed by atoms with E-state index in [1.54, 1.807) is 12.3 Å². The van der Waals surface area contributed by atoms with Gasteiger partial charge in [-0.1, -0.05) is 26.8 Å². The van der Waals surface area contributed by atoms with Crippen molar-refractivity contribution in [3.05, 3.63) is 23.9 Å². The van der Waals surface area contributed by atoms with Gasteiger partial charge in [-0.25, -0.2) is 13.4 Å². The van der Waals surface area contributed by atoms with Crippen molar-refractivity contribution in [2.45, 2.75) is 64.7 Å². The topological polar surface area (TPSA) is 62.3 Å². The SMILES string of the molecule is CCCN(C(C)C)S(=O)(=O)c1ccc(CNC(C)C)cn1. The highest BCUT2D eigenvalue weighted by Gasteiger charge is 2.27. The van der Waals surface area contributed by atoms with Crippen LogP contribution in [0.3, 0.4) is 0 Å². The molecule has 1 aromatic heterocycles. The van der Waals surface area contributed by atoms with Gasteiger partial charge in [0.15, 0.2) is 5.03 Å². The first-order chi connectivity index (χ1) is 9.78. The maximum absolute atomic E-state index is 12.6. The van der Waals surface area contributed by atoms with Crippen LogP contribution in [0.2, 0.25) is 0 Å². The van der Waals surface area contributed by atoms with Gasteiger partial charge in [-0.3, -0.25) is 0 Å². The van der Waals surface area contributed by atoms with E-state index >= 15 is 0 Å². The van der Waals surface area contributed by atoms with Crippen molar-refractivity contribution in [1.29, 1.82) is 0 Å². The van der Waals surface area contributed by atoms with Gasteiger partial charge in [0.2, 0.25) is 0 Å². The lowest BCUT2D eigenvalue weighted by molar-refractivity contribution is 0.352. The zero-order valence-electron chi connectivity index (χ0n) is 13.6. The molecule has 0 aliphatic rings. The molecule has 0 amide bonds. The average Bonchev–Trinajstić information content (AvgIpc) is 2.42. The highest BCUT2D eigenvalue weighted by Crippen LogP contribution is 2.17. The van der Waals surface area contributed by atoms with Gasteiger partial charge >= 0.3 is 0 Å². The quantitative estimate of drug-likeness (QED) is 0.800. The lowest BCUT2D eigenvalue weighted by Gasteiger charge is -2.24. The van der Waals surface area contributed by atoms with Crippen LogP contribution in [0.1, 0.15) is 46.6 Å². The summed E-state index contributed by atoms with van der Waals surface area (Å²) in [5, 5.41) is 3.40. The van der Waals surface area contributed by atoms with Crippen LogP contribution in [0.25, 0.3) is 0 Å². The van der Waals surface area contributed by atoms with Crippen LogP contribution in [0.5, 0.6) is 0 Å². The van der Waals surface area contributed by atoms with Crippen molar-refractivity contribution in [2.75, 3.05) is 6.54 Å². The lowest BCUT2D eigenvalue weighted by atomic mass is 10.2. The summed E-state index contributed by atoms with van der Waals surface area (Å²) in [6, 6.07) is 3.73. The van der Waals surface area contributed by atoms with Gasteiger partial charge in [0.05, 0.1) is 0 Å². The Bertz CT molecular complexity index is 524. The number of hydrogen-bond acceptors (Lipinski definition) is 4. The second-order valence-electron chi connectivity index (χ2n) is 5.75. The van der Waals surface area contributed by atoms with Crippen LogP contribution in [0.15, 0.2) is 23.4 Å². The Morgan fingerprint density at radius 2 is 1.90 bits per heavy atom. The maximum atomic E-state index is 12.6. The molecule has 120 valence electrons. The Labute approximate surface area is 128 Å². The molecule has 1 N–H and O–H groups in total. The van der Waals surface area contributed by atoms with Gasteiger partial charge in [-0.05, 0) is 31.9 Å². The van der Waals surface area contributed by atoms with Gasteiger partial charge in [0.25, 0.3) is 10.0 Å². The number of pyridine rings is 1. The first-order valence-electron chi connectivity index (χ1n) is 7.49. The molecule has 0 fully saturated rings. The smallest absolute Gasteiger partial charge is 0.260 e. The average molecular weight is 313 g/mol. The minimum Gasteiger partial charge on any atom is -0.310 e. The monoisotopic (exact) mass is 313 g/mol. The van der Waals surface area contributed by atoms with E-state index in [1.165, 1.54) is 4.31 Å². The number of sulfonamides is 1. The summed E-state index contributed by atoms with van der Waals surface area (Å²) in [6.45, 7) is 11.1. The Morgan fingerprint density at radius 3 is 2.33 bits per heavy atom. The fourth-order valence-corrected chi connectivity index (χ4v) is 3.63. The summed E-state index contributed by atoms with van der Waals surface area (Å²) in [5.41, 5.74) is 0.981. The molecule has 0 spiro atoms. The van der Waals surface area contributed by atoms with E-state index in [1.807, 2.05) is 26.8 Å². The van der Waals surface area contributed by atoms with Crippen molar-refractivity contribution < 1.29 is 8.42 Å². The zero-order valence-corrected chi connectivity index (χ0v) is 14.4. The minimum absolute atomic E-state index is 0.0703. The van der Waals surface area contributed by atoms with E-state index in [9.17, 15) is 8.42 Å². The van der Waals surface area contributed by atoms with Gasteiger partial charge in [0, 0.05) is 31.4 Å². The molecule has 0 aromatic carbocycles. The number of aromatic nitrogens is 1. The summed E-state index contributed by atoms with van der Waals surface area (Å²) < 4.78 is 26.7. The first-order valence-corrected chi connectivity index (χ1v) is 8.93. The molecule has 5 nitrogen and oxygen atoms in total. The molecule has 1 aromatic rings. The van der Waals surface area contributed by atoms with E-state index < -0.39 is 10.0 Å². The molecule has 0 saturated carbocycles. The molecule has 0 aliphatic carbocycles. The van der Waals surface area contributed by atoms with Crippen LogP contribution in [0, 0.1) is 0 Å². The second-order valence-corrected chi connectivity index (χ2v) is 7.59. The van der Waals surface area contributed by atoms with Crippen molar-refractivity contribution in [3.63, 3.8) is 0 Å². The molecule has 21 heavy (non-hydrogen) atoms. The van der Waals surface area contributed by atoms with Crippen LogP contribution in [0.4, 0.5) is 0 Å². The maximum Gasteiger partial charge on any atom is 0.260 e.